The number of hydrogen-bond donors (Lipinski definition) is 1. The summed E-state index contributed by atoms with van der Waals surface area (Å²) < 4.78 is 7.78. The van der Waals surface area contributed by atoms with Gasteiger partial charge in [0.1, 0.15) is 11.8 Å². The first kappa shape index (κ1) is 25.4. The van der Waals surface area contributed by atoms with E-state index >= 15 is 0 Å². The topological polar surface area (TPSA) is 58.6 Å². The van der Waals surface area contributed by atoms with Crippen molar-refractivity contribution in [1.29, 1.82) is 0 Å². The Balaban J connectivity index is 2.16. The van der Waals surface area contributed by atoms with Gasteiger partial charge >= 0.3 is 0 Å². The SMILES string of the molecule is Cc1cc(OCC(=O)N(Cc2ccc(Br)cc2)[C@H](C)C(=O)NCC(C)C)cc(C)c1Br. The van der Waals surface area contributed by atoms with Crippen LogP contribution in [0.2, 0.25) is 0 Å². The van der Waals surface area contributed by atoms with Crippen LogP contribution < -0.4 is 10.1 Å². The quantitative estimate of drug-likeness (QED) is 0.452. The van der Waals surface area contributed by atoms with Gasteiger partial charge in [-0.1, -0.05) is 57.8 Å². The number of ether oxygens (including phenoxy) is 1. The number of hydrogen-bond acceptors (Lipinski definition) is 3. The second kappa shape index (κ2) is 11.7. The normalized spacial score (nSPS) is 11.9. The molecule has 0 aliphatic heterocycles. The molecule has 0 bridgehead atoms. The summed E-state index contributed by atoms with van der Waals surface area (Å²) in [5.74, 6) is 0.550. The standard InChI is InChI=1S/C24H30Br2N2O3/c1-15(2)12-27-24(30)18(5)28(13-19-6-8-20(25)9-7-19)22(29)14-31-21-10-16(3)23(26)17(4)11-21/h6-11,15,18H,12-14H2,1-5H3,(H,27,30)/t18-/m1/s1. The van der Waals surface area contributed by atoms with Crippen molar-refractivity contribution in [1.82, 2.24) is 10.2 Å². The fraction of sp³-hybridized carbons (Fsp3) is 0.417. The summed E-state index contributed by atoms with van der Waals surface area (Å²) in [6.07, 6.45) is 0. The monoisotopic (exact) mass is 552 g/mol. The summed E-state index contributed by atoms with van der Waals surface area (Å²) in [4.78, 5) is 27.4. The van der Waals surface area contributed by atoms with Crippen LogP contribution >= 0.6 is 31.9 Å². The number of aryl methyl sites for hydroxylation is 2. The van der Waals surface area contributed by atoms with Gasteiger partial charge in [0.2, 0.25) is 5.91 Å². The van der Waals surface area contributed by atoms with E-state index in [-0.39, 0.29) is 18.4 Å². The molecule has 31 heavy (non-hydrogen) atoms. The lowest BCUT2D eigenvalue weighted by Crippen LogP contribution is -2.49. The summed E-state index contributed by atoms with van der Waals surface area (Å²) in [6.45, 7) is 10.5. The summed E-state index contributed by atoms with van der Waals surface area (Å²) in [5.41, 5.74) is 3.02. The maximum Gasteiger partial charge on any atom is 0.261 e. The Labute approximate surface area is 201 Å². The molecule has 2 rings (SSSR count). The number of rotatable bonds is 9. The Morgan fingerprint density at radius 1 is 1.03 bits per heavy atom. The average Bonchev–Trinajstić information content (AvgIpc) is 2.73. The second-order valence-corrected chi connectivity index (χ2v) is 9.83. The molecule has 0 aromatic heterocycles. The molecule has 0 heterocycles. The van der Waals surface area contributed by atoms with Crippen molar-refractivity contribution in [3.63, 3.8) is 0 Å². The van der Waals surface area contributed by atoms with E-state index in [0.29, 0.717) is 24.8 Å². The molecule has 1 N–H and O–H groups in total. The minimum absolute atomic E-state index is 0.140. The van der Waals surface area contributed by atoms with Gasteiger partial charge in [0.25, 0.3) is 5.91 Å². The molecule has 0 aliphatic carbocycles. The Hall–Kier alpha value is -1.86. The van der Waals surface area contributed by atoms with Crippen LogP contribution in [0.3, 0.4) is 0 Å². The van der Waals surface area contributed by atoms with Crippen LogP contribution in [0, 0.1) is 19.8 Å². The van der Waals surface area contributed by atoms with E-state index in [2.05, 4.69) is 37.2 Å². The second-order valence-electron chi connectivity index (χ2n) is 8.12. The van der Waals surface area contributed by atoms with Gasteiger partial charge in [-0.2, -0.15) is 0 Å². The van der Waals surface area contributed by atoms with Crippen molar-refractivity contribution in [3.05, 3.63) is 62.0 Å². The highest BCUT2D eigenvalue weighted by molar-refractivity contribution is 9.10. The molecule has 0 unspecified atom stereocenters. The maximum absolute atomic E-state index is 13.1. The highest BCUT2D eigenvalue weighted by Crippen LogP contribution is 2.26. The van der Waals surface area contributed by atoms with Crippen molar-refractivity contribution in [2.24, 2.45) is 5.92 Å². The third-order valence-electron chi connectivity index (χ3n) is 4.89. The molecule has 0 fully saturated rings. The molecule has 0 saturated carbocycles. The van der Waals surface area contributed by atoms with Crippen LogP contribution in [0.5, 0.6) is 5.75 Å². The van der Waals surface area contributed by atoms with Crippen molar-refractivity contribution in [2.45, 2.75) is 47.2 Å². The van der Waals surface area contributed by atoms with E-state index in [1.165, 1.54) is 0 Å². The minimum Gasteiger partial charge on any atom is -0.484 e. The molecule has 0 aliphatic rings. The Kier molecular flexibility index (Phi) is 9.56. The predicted octanol–water partition coefficient (Wildman–Crippen LogP) is 5.40. The Morgan fingerprint density at radius 2 is 1.61 bits per heavy atom. The van der Waals surface area contributed by atoms with Crippen molar-refractivity contribution < 1.29 is 14.3 Å². The van der Waals surface area contributed by atoms with E-state index in [1.807, 2.05) is 64.1 Å². The summed E-state index contributed by atoms with van der Waals surface area (Å²) in [5, 5.41) is 2.92. The number of amides is 2. The van der Waals surface area contributed by atoms with Gasteiger partial charge in [0, 0.05) is 22.0 Å². The highest BCUT2D eigenvalue weighted by Gasteiger charge is 2.26. The van der Waals surface area contributed by atoms with Gasteiger partial charge in [-0.05, 0) is 67.6 Å². The third-order valence-corrected chi connectivity index (χ3v) is 6.67. The van der Waals surface area contributed by atoms with E-state index in [9.17, 15) is 9.59 Å². The largest absolute Gasteiger partial charge is 0.484 e. The van der Waals surface area contributed by atoms with E-state index < -0.39 is 6.04 Å². The van der Waals surface area contributed by atoms with Crippen LogP contribution in [0.15, 0.2) is 45.3 Å². The van der Waals surface area contributed by atoms with Gasteiger partial charge in [-0.25, -0.2) is 0 Å². The molecule has 1 atom stereocenters. The number of carbonyl (C=O) groups is 2. The zero-order valence-corrected chi connectivity index (χ0v) is 21.8. The van der Waals surface area contributed by atoms with Gasteiger partial charge in [0.05, 0.1) is 0 Å². The molecular weight excluding hydrogens is 524 g/mol. The first-order chi connectivity index (χ1) is 14.6. The van der Waals surface area contributed by atoms with E-state index in [0.717, 1.165) is 25.6 Å². The first-order valence-electron chi connectivity index (χ1n) is 10.3. The molecule has 2 amide bonds. The van der Waals surface area contributed by atoms with Crippen LogP contribution in [0.25, 0.3) is 0 Å². The maximum atomic E-state index is 13.1. The van der Waals surface area contributed by atoms with Gasteiger partial charge in [-0.15, -0.1) is 0 Å². The van der Waals surface area contributed by atoms with Crippen molar-refractivity contribution >= 4 is 43.7 Å². The lowest BCUT2D eigenvalue weighted by Gasteiger charge is -2.29. The zero-order chi connectivity index (χ0) is 23.1. The molecule has 168 valence electrons. The predicted molar refractivity (Wildman–Crippen MR) is 131 cm³/mol. The lowest BCUT2D eigenvalue weighted by atomic mass is 10.1. The summed E-state index contributed by atoms with van der Waals surface area (Å²) in [7, 11) is 0. The van der Waals surface area contributed by atoms with E-state index in [4.69, 9.17) is 4.74 Å². The molecule has 0 saturated heterocycles. The van der Waals surface area contributed by atoms with Crippen LogP contribution in [0.1, 0.15) is 37.5 Å². The third kappa shape index (κ3) is 7.65. The average molecular weight is 554 g/mol. The molecule has 5 nitrogen and oxygen atoms in total. The van der Waals surface area contributed by atoms with Crippen LogP contribution in [-0.2, 0) is 16.1 Å². The fourth-order valence-corrected chi connectivity index (χ4v) is 3.53. The summed E-state index contributed by atoms with van der Waals surface area (Å²) in [6, 6.07) is 10.9. The van der Waals surface area contributed by atoms with E-state index in [1.54, 1.807) is 11.8 Å². The zero-order valence-electron chi connectivity index (χ0n) is 18.7. The summed E-state index contributed by atoms with van der Waals surface area (Å²) >= 11 is 6.97. The van der Waals surface area contributed by atoms with Gasteiger partial charge in [0.15, 0.2) is 6.61 Å². The van der Waals surface area contributed by atoms with Crippen molar-refractivity contribution in [3.8, 4) is 5.75 Å². The molecule has 7 heteroatoms. The number of halogens is 2. The Morgan fingerprint density at radius 3 is 2.16 bits per heavy atom. The number of benzene rings is 2. The van der Waals surface area contributed by atoms with Crippen LogP contribution in [0.4, 0.5) is 0 Å². The number of nitrogens with zero attached hydrogens (tertiary/aromatic N) is 1. The fourth-order valence-electron chi connectivity index (χ4n) is 3.04. The lowest BCUT2D eigenvalue weighted by molar-refractivity contribution is -0.142. The van der Waals surface area contributed by atoms with Gasteiger partial charge in [-0.3, -0.25) is 9.59 Å². The first-order valence-corrected chi connectivity index (χ1v) is 11.9. The van der Waals surface area contributed by atoms with Crippen LogP contribution in [-0.4, -0.2) is 35.9 Å². The smallest absolute Gasteiger partial charge is 0.261 e. The molecule has 2 aromatic carbocycles. The molecule has 0 spiro atoms. The minimum atomic E-state index is -0.619. The molecule has 2 aromatic rings. The number of nitrogens with one attached hydrogen (secondary N) is 1. The number of carbonyl (C=O) groups excluding carboxylic acids is 2. The Bertz CT molecular complexity index is 891. The highest BCUT2D eigenvalue weighted by atomic mass is 79.9. The molecular formula is C24H30Br2N2O3. The van der Waals surface area contributed by atoms with Gasteiger partial charge < -0.3 is 15.0 Å². The van der Waals surface area contributed by atoms with Crippen molar-refractivity contribution in [2.75, 3.05) is 13.2 Å². The molecule has 0 radical (unpaired) electrons.